The smallest absolute Gasteiger partial charge is 0.233 e. The van der Waals surface area contributed by atoms with Gasteiger partial charge in [0.25, 0.3) is 0 Å². The Morgan fingerprint density at radius 2 is 1.83 bits per heavy atom. The Hall–Kier alpha value is -1.15. The summed E-state index contributed by atoms with van der Waals surface area (Å²) in [6.07, 6.45) is 6.41. The minimum absolute atomic E-state index is 0.0426. The molecule has 1 aromatic rings. The van der Waals surface area contributed by atoms with E-state index in [4.69, 9.17) is 0 Å². The lowest BCUT2D eigenvalue weighted by Crippen LogP contribution is -2.48. The third-order valence-corrected chi connectivity index (χ3v) is 6.87. The van der Waals surface area contributed by atoms with Gasteiger partial charge in [-0.3, -0.25) is 9.59 Å². The van der Waals surface area contributed by atoms with E-state index in [1.54, 1.807) is 0 Å². The molecule has 132 valence electrons. The monoisotopic (exact) mass is 368 g/mol. The molecule has 0 aromatic carbocycles. The summed E-state index contributed by atoms with van der Waals surface area (Å²) in [5.41, 5.74) is 0. The van der Waals surface area contributed by atoms with Gasteiger partial charge in [0, 0.05) is 18.0 Å². The Balaban J connectivity index is 1.49. The maximum Gasteiger partial charge on any atom is 0.233 e. The van der Waals surface area contributed by atoms with Crippen LogP contribution in [0.15, 0.2) is 4.34 Å². The highest BCUT2D eigenvalue weighted by Crippen LogP contribution is 2.30. The molecule has 2 atom stereocenters. The molecule has 1 saturated carbocycles. The maximum atomic E-state index is 12.5. The van der Waals surface area contributed by atoms with Crippen molar-refractivity contribution in [1.82, 2.24) is 15.1 Å². The van der Waals surface area contributed by atoms with Gasteiger partial charge in [-0.15, -0.1) is 10.2 Å². The second-order valence-electron chi connectivity index (χ2n) is 6.71. The van der Waals surface area contributed by atoms with Gasteiger partial charge in [0.05, 0.1) is 5.75 Å². The second-order valence-corrected chi connectivity index (χ2v) is 8.91. The zero-order chi connectivity index (χ0) is 17.1. The molecule has 2 amide bonds. The van der Waals surface area contributed by atoms with Crippen LogP contribution in [-0.4, -0.2) is 44.7 Å². The highest BCUT2D eigenvalue weighted by molar-refractivity contribution is 8.01. The summed E-state index contributed by atoms with van der Waals surface area (Å²) in [5.74, 6) is 0.712. The molecule has 2 aliphatic rings. The van der Waals surface area contributed by atoms with Crippen LogP contribution in [0.2, 0.25) is 0 Å². The number of carbonyl (C=O) groups is 2. The maximum absolute atomic E-state index is 12.5. The number of rotatable bonds is 5. The van der Waals surface area contributed by atoms with Gasteiger partial charge in [-0.1, -0.05) is 29.5 Å². The predicted molar refractivity (Wildman–Crippen MR) is 96.2 cm³/mol. The Bertz CT molecular complexity index is 593. The van der Waals surface area contributed by atoms with Crippen LogP contribution in [0.4, 0.5) is 5.13 Å². The number of nitrogens with one attached hydrogen (secondary N) is 1. The van der Waals surface area contributed by atoms with Gasteiger partial charge in [-0.05, 0) is 46.0 Å². The molecule has 24 heavy (non-hydrogen) atoms. The van der Waals surface area contributed by atoms with E-state index in [1.165, 1.54) is 29.5 Å². The highest BCUT2D eigenvalue weighted by Gasteiger charge is 2.29. The molecule has 6 nitrogen and oxygen atoms in total. The summed E-state index contributed by atoms with van der Waals surface area (Å²) in [6.45, 7) is 4.24. The molecule has 2 heterocycles. The minimum atomic E-state index is 0.0426. The number of nitrogens with zero attached hydrogens (tertiary/aromatic N) is 3. The number of piperidine rings is 1. The summed E-state index contributed by atoms with van der Waals surface area (Å²) in [7, 11) is 0. The van der Waals surface area contributed by atoms with Crippen molar-refractivity contribution in [2.45, 2.75) is 68.8 Å². The topological polar surface area (TPSA) is 75.2 Å². The molecule has 1 aromatic heterocycles. The highest BCUT2D eigenvalue weighted by atomic mass is 32.2. The van der Waals surface area contributed by atoms with E-state index in [-0.39, 0.29) is 17.7 Å². The van der Waals surface area contributed by atoms with Crippen LogP contribution < -0.4 is 5.32 Å². The van der Waals surface area contributed by atoms with Crippen molar-refractivity contribution in [1.29, 1.82) is 0 Å². The zero-order valence-electron chi connectivity index (χ0n) is 14.2. The fourth-order valence-electron chi connectivity index (χ4n) is 3.31. The average molecular weight is 369 g/mol. The van der Waals surface area contributed by atoms with Gasteiger partial charge >= 0.3 is 0 Å². The van der Waals surface area contributed by atoms with Crippen molar-refractivity contribution < 1.29 is 9.59 Å². The normalized spacial score (nSPS) is 24.5. The molecule has 0 spiro atoms. The van der Waals surface area contributed by atoms with E-state index >= 15 is 0 Å². The van der Waals surface area contributed by atoms with Crippen molar-refractivity contribution >= 4 is 40.0 Å². The SMILES string of the molecule is C[C@@H]1CCC[C@H](C)N1C(=O)CSc1nnc(NC(=O)C2CCC2)s1. The van der Waals surface area contributed by atoms with Gasteiger partial charge in [0.1, 0.15) is 0 Å². The fourth-order valence-corrected chi connectivity index (χ4v) is 4.93. The number of likely N-dealkylation sites (tertiary alicyclic amines) is 1. The molecule has 3 rings (SSSR count). The molecule has 1 aliphatic carbocycles. The van der Waals surface area contributed by atoms with Gasteiger partial charge in [-0.2, -0.15) is 0 Å². The van der Waals surface area contributed by atoms with E-state index in [0.717, 1.165) is 36.4 Å². The predicted octanol–water partition coefficient (Wildman–Crippen LogP) is 3.16. The standard InChI is InChI=1S/C16H24N4O2S2/c1-10-5-3-6-11(2)20(10)13(21)9-23-16-19-18-15(24-16)17-14(22)12-7-4-8-12/h10-12H,3-9H2,1-2H3,(H,17,18,22)/t10-,11+. The molecule has 0 radical (unpaired) electrons. The summed E-state index contributed by atoms with van der Waals surface area (Å²) in [4.78, 5) is 26.4. The van der Waals surface area contributed by atoms with Crippen molar-refractivity contribution in [2.24, 2.45) is 5.92 Å². The van der Waals surface area contributed by atoms with Crippen LogP contribution in [0, 0.1) is 5.92 Å². The number of hydrogen-bond acceptors (Lipinski definition) is 6. The van der Waals surface area contributed by atoms with E-state index in [2.05, 4.69) is 29.4 Å². The summed E-state index contributed by atoms with van der Waals surface area (Å²) in [6, 6.07) is 0.627. The van der Waals surface area contributed by atoms with Crippen LogP contribution in [0.25, 0.3) is 0 Å². The summed E-state index contributed by atoms with van der Waals surface area (Å²) in [5, 5.41) is 11.4. The van der Waals surface area contributed by atoms with Crippen molar-refractivity contribution in [3.05, 3.63) is 0 Å². The Morgan fingerprint density at radius 3 is 2.46 bits per heavy atom. The third-order valence-electron chi connectivity index (χ3n) is 4.91. The van der Waals surface area contributed by atoms with Crippen LogP contribution in [0.3, 0.4) is 0 Å². The lowest BCUT2D eigenvalue weighted by Gasteiger charge is -2.39. The largest absolute Gasteiger partial charge is 0.337 e. The Labute approximate surface area is 150 Å². The van der Waals surface area contributed by atoms with Crippen LogP contribution in [0.1, 0.15) is 52.4 Å². The van der Waals surface area contributed by atoms with Gasteiger partial charge in [0.2, 0.25) is 16.9 Å². The average Bonchev–Trinajstić information content (AvgIpc) is 2.90. The zero-order valence-corrected chi connectivity index (χ0v) is 15.8. The van der Waals surface area contributed by atoms with Crippen LogP contribution in [0.5, 0.6) is 0 Å². The molecule has 0 bridgehead atoms. The molecule has 8 heteroatoms. The second kappa shape index (κ2) is 7.82. The van der Waals surface area contributed by atoms with Crippen LogP contribution in [-0.2, 0) is 9.59 Å². The lowest BCUT2D eigenvalue weighted by molar-refractivity contribution is -0.134. The lowest BCUT2D eigenvalue weighted by atomic mass is 9.85. The first-order chi connectivity index (χ1) is 11.5. The minimum Gasteiger partial charge on any atom is -0.337 e. The van der Waals surface area contributed by atoms with E-state index < -0.39 is 0 Å². The van der Waals surface area contributed by atoms with Crippen molar-refractivity contribution in [2.75, 3.05) is 11.1 Å². The van der Waals surface area contributed by atoms with Crippen molar-refractivity contribution in [3.63, 3.8) is 0 Å². The summed E-state index contributed by atoms with van der Waals surface area (Å²) < 4.78 is 0.726. The molecule has 1 aliphatic heterocycles. The molecule has 0 unspecified atom stereocenters. The molecular formula is C16H24N4O2S2. The number of carbonyl (C=O) groups excluding carboxylic acids is 2. The fraction of sp³-hybridized carbons (Fsp3) is 0.750. The number of hydrogen-bond donors (Lipinski definition) is 1. The molecule has 1 N–H and O–H groups in total. The van der Waals surface area contributed by atoms with Crippen LogP contribution >= 0.6 is 23.1 Å². The third kappa shape index (κ3) is 4.08. The number of amides is 2. The number of thioether (sulfide) groups is 1. The molecular weight excluding hydrogens is 344 g/mol. The Morgan fingerprint density at radius 1 is 1.17 bits per heavy atom. The van der Waals surface area contributed by atoms with E-state index in [1.807, 2.05) is 4.90 Å². The molecule has 1 saturated heterocycles. The summed E-state index contributed by atoms with van der Waals surface area (Å²) >= 11 is 2.75. The van der Waals surface area contributed by atoms with E-state index in [9.17, 15) is 9.59 Å². The van der Waals surface area contributed by atoms with Crippen molar-refractivity contribution in [3.8, 4) is 0 Å². The van der Waals surface area contributed by atoms with E-state index in [0.29, 0.717) is 23.0 Å². The first-order valence-electron chi connectivity index (χ1n) is 8.63. The van der Waals surface area contributed by atoms with Gasteiger partial charge in [0.15, 0.2) is 4.34 Å². The number of aromatic nitrogens is 2. The van der Waals surface area contributed by atoms with Gasteiger partial charge < -0.3 is 10.2 Å². The number of anilines is 1. The van der Waals surface area contributed by atoms with Gasteiger partial charge in [-0.25, -0.2) is 0 Å². The first kappa shape index (κ1) is 17.7. The quantitative estimate of drug-likeness (QED) is 0.638. The Kier molecular flexibility index (Phi) is 5.76. The molecule has 2 fully saturated rings. The first-order valence-corrected chi connectivity index (χ1v) is 10.4.